The van der Waals surface area contributed by atoms with Crippen molar-refractivity contribution in [3.05, 3.63) is 35.4 Å². The highest BCUT2D eigenvalue weighted by atomic mass is 17.2. The number of carboxylic acids is 1. The van der Waals surface area contributed by atoms with Crippen LogP contribution in [0.15, 0.2) is 24.3 Å². The van der Waals surface area contributed by atoms with E-state index in [2.05, 4.69) is 6.92 Å². The first-order valence-electron chi connectivity index (χ1n) is 6.51. The molecule has 1 rings (SSSR count). The number of carbonyl (C=O) groups is 1. The van der Waals surface area contributed by atoms with Gasteiger partial charge >= 0.3 is 5.97 Å². The van der Waals surface area contributed by atoms with Crippen molar-refractivity contribution in [2.75, 3.05) is 0 Å². The van der Waals surface area contributed by atoms with Crippen molar-refractivity contribution in [2.24, 2.45) is 0 Å². The summed E-state index contributed by atoms with van der Waals surface area (Å²) in [5.74, 6) is -0.936. The van der Waals surface area contributed by atoms with E-state index in [0.29, 0.717) is 0 Å². The molecule has 0 radical (unpaired) electrons. The van der Waals surface area contributed by atoms with Crippen molar-refractivity contribution < 1.29 is 19.7 Å². The normalized spacial score (nSPS) is 13.3. The number of carboxylic acid groups (broad SMARTS) is 1. The molecule has 0 aliphatic heterocycles. The molecule has 0 amide bonds. The zero-order valence-electron chi connectivity index (χ0n) is 12.0. The standard InChI is InChI=1S/C15H22O4/c1-5-7-13(18-19-15(2,3)4)11-8-6-9-12(10-11)14(16)17/h6,8-10,13H,5,7H2,1-4H3,(H,16,17). The summed E-state index contributed by atoms with van der Waals surface area (Å²) in [5, 5.41) is 9.01. The summed E-state index contributed by atoms with van der Waals surface area (Å²) in [6.07, 6.45) is 1.46. The maximum Gasteiger partial charge on any atom is 0.335 e. The summed E-state index contributed by atoms with van der Waals surface area (Å²) in [7, 11) is 0. The zero-order chi connectivity index (χ0) is 14.5. The Labute approximate surface area is 114 Å². The average molecular weight is 266 g/mol. The Bertz CT molecular complexity index is 420. The van der Waals surface area contributed by atoms with Gasteiger partial charge in [0.1, 0.15) is 6.10 Å². The average Bonchev–Trinajstić information content (AvgIpc) is 2.33. The molecule has 106 valence electrons. The molecule has 0 heterocycles. The van der Waals surface area contributed by atoms with Crippen LogP contribution in [0.3, 0.4) is 0 Å². The van der Waals surface area contributed by atoms with Gasteiger partial charge in [0.25, 0.3) is 0 Å². The summed E-state index contributed by atoms with van der Waals surface area (Å²) in [4.78, 5) is 21.8. The van der Waals surface area contributed by atoms with Crippen molar-refractivity contribution in [3.8, 4) is 0 Å². The first-order chi connectivity index (χ1) is 8.83. The summed E-state index contributed by atoms with van der Waals surface area (Å²) in [6.45, 7) is 7.77. The van der Waals surface area contributed by atoms with Gasteiger partial charge in [-0.2, -0.15) is 0 Å². The maximum absolute atomic E-state index is 11.0. The molecule has 4 nitrogen and oxygen atoms in total. The summed E-state index contributed by atoms with van der Waals surface area (Å²) in [5.41, 5.74) is 0.695. The van der Waals surface area contributed by atoms with Crippen LogP contribution < -0.4 is 0 Å². The van der Waals surface area contributed by atoms with Crippen molar-refractivity contribution in [2.45, 2.75) is 52.2 Å². The predicted molar refractivity (Wildman–Crippen MR) is 73.0 cm³/mol. The predicted octanol–water partition coefficient (Wildman–Crippen LogP) is 3.97. The Balaban J connectivity index is 2.86. The smallest absolute Gasteiger partial charge is 0.335 e. The van der Waals surface area contributed by atoms with E-state index >= 15 is 0 Å². The molecule has 1 aromatic carbocycles. The van der Waals surface area contributed by atoms with Crippen LogP contribution in [-0.4, -0.2) is 16.7 Å². The first-order valence-corrected chi connectivity index (χ1v) is 6.51. The molecule has 0 bridgehead atoms. The molecule has 0 aromatic heterocycles. The topological polar surface area (TPSA) is 55.8 Å². The minimum Gasteiger partial charge on any atom is -0.478 e. The fourth-order valence-electron chi connectivity index (χ4n) is 1.61. The van der Waals surface area contributed by atoms with Gasteiger partial charge in [-0.15, -0.1) is 0 Å². The maximum atomic E-state index is 11.0. The van der Waals surface area contributed by atoms with Crippen LogP contribution >= 0.6 is 0 Å². The molecule has 0 saturated heterocycles. The third-order valence-electron chi connectivity index (χ3n) is 2.47. The first kappa shape index (κ1) is 15.7. The van der Waals surface area contributed by atoms with Crippen molar-refractivity contribution in [3.63, 3.8) is 0 Å². The summed E-state index contributed by atoms with van der Waals surface area (Å²) < 4.78 is 0. The Morgan fingerprint density at radius 2 is 2.05 bits per heavy atom. The zero-order valence-corrected chi connectivity index (χ0v) is 12.0. The second kappa shape index (κ2) is 6.68. The van der Waals surface area contributed by atoms with E-state index in [1.165, 1.54) is 0 Å². The Hall–Kier alpha value is -1.39. The van der Waals surface area contributed by atoms with Crippen LogP contribution in [0.5, 0.6) is 0 Å². The molecule has 1 N–H and O–H groups in total. The van der Waals surface area contributed by atoms with Gasteiger partial charge < -0.3 is 5.11 Å². The summed E-state index contributed by atoms with van der Waals surface area (Å²) >= 11 is 0. The number of hydrogen-bond acceptors (Lipinski definition) is 3. The number of rotatable bonds is 6. The lowest BCUT2D eigenvalue weighted by molar-refractivity contribution is -0.376. The highest BCUT2D eigenvalue weighted by Crippen LogP contribution is 2.26. The van der Waals surface area contributed by atoms with Crippen LogP contribution in [0.4, 0.5) is 0 Å². The van der Waals surface area contributed by atoms with E-state index in [-0.39, 0.29) is 11.7 Å². The highest BCUT2D eigenvalue weighted by Gasteiger charge is 2.19. The van der Waals surface area contributed by atoms with Gasteiger partial charge in [0.2, 0.25) is 0 Å². The third-order valence-corrected chi connectivity index (χ3v) is 2.47. The van der Waals surface area contributed by atoms with Gasteiger partial charge in [-0.05, 0) is 44.9 Å². The van der Waals surface area contributed by atoms with E-state index < -0.39 is 11.6 Å². The van der Waals surface area contributed by atoms with Gasteiger partial charge in [0.15, 0.2) is 0 Å². The lowest BCUT2D eigenvalue weighted by atomic mass is 10.0. The van der Waals surface area contributed by atoms with E-state index in [1.807, 2.05) is 26.8 Å². The van der Waals surface area contributed by atoms with Gasteiger partial charge in [-0.3, -0.25) is 0 Å². The molecule has 1 atom stereocenters. The fourth-order valence-corrected chi connectivity index (χ4v) is 1.61. The van der Waals surface area contributed by atoms with E-state index in [1.54, 1.807) is 18.2 Å². The largest absolute Gasteiger partial charge is 0.478 e. The molecule has 0 fully saturated rings. The van der Waals surface area contributed by atoms with Crippen molar-refractivity contribution in [1.29, 1.82) is 0 Å². The molecule has 0 spiro atoms. The summed E-state index contributed by atoms with van der Waals surface area (Å²) in [6, 6.07) is 6.79. The Morgan fingerprint density at radius 1 is 1.37 bits per heavy atom. The second-order valence-electron chi connectivity index (χ2n) is 5.50. The Morgan fingerprint density at radius 3 is 2.58 bits per heavy atom. The molecule has 1 aromatic rings. The molecule has 19 heavy (non-hydrogen) atoms. The highest BCUT2D eigenvalue weighted by molar-refractivity contribution is 5.87. The monoisotopic (exact) mass is 266 g/mol. The van der Waals surface area contributed by atoms with Crippen LogP contribution in [-0.2, 0) is 9.78 Å². The second-order valence-corrected chi connectivity index (χ2v) is 5.50. The van der Waals surface area contributed by atoms with E-state index in [9.17, 15) is 4.79 Å². The molecule has 0 aliphatic rings. The van der Waals surface area contributed by atoms with Crippen LogP contribution in [0.1, 0.15) is 62.6 Å². The number of aromatic carboxylic acids is 1. The lowest BCUT2D eigenvalue weighted by Gasteiger charge is -2.23. The molecule has 4 heteroatoms. The van der Waals surface area contributed by atoms with Gasteiger partial charge in [0.05, 0.1) is 11.2 Å². The minimum atomic E-state index is -0.936. The number of hydrogen-bond donors (Lipinski definition) is 1. The molecular formula is C15H22O4. The van der Waals surface area contributed by atoms with Crippen LogP contribution in [0, 0.1) is 0 Å². The molecular weight excluding hydrogens is 244 g/mol. The quantitative estimate of drug-likeness (QED) is 0.625. The molecule has 0 saturated carbocycles. The van der Waals surface area contributed by atoms with Crippen molar-refractivity contribution >= 4 is 5.97 Å². The number of benzene rings is 1. The lowest BCUT2D eigenvalue weighted by Crippen LogP contribution is -2.21. The third kappa shape index (κ3) is 5.41. The molecule has 0 aliphatic carbocycles. The molecule has 1 unspecified atom stereocenters. The minimum absolute atomic E-state index is 0.247. The Kier molecular flexibility index (Phi) is 5.51. The van der Waals surface area contributed by atoms with Gasteiger partial charge in [-0.25, -0.2) is 14.6 Å². The fraction of sp³-hybridized carbons (Fsp3) is 0.533. The van der Waals surface area contributed by atoms with E-state index in [0.717, 1.165) is 18.4 Å². The van der Waals surface area contributed by atoms with Gasteiger partial charge in [-0.1, -0.05) is 25.5 Å². The van der Waals surface area contributed by atoms with E-state index in [4.69, 9.17) is 14.9 Å². The SMILES string of the molecule is CCCC(OOC(C)(C)C)c1cccc(C(=O)O)c1. The van der Waals surface area contributed by atoms with Gasteiger partial charge in [0, 0.05) is 0 Å². The van der Waals surface area contributed by atoms with Crippen LogP contribution in [0.2, 0.25) is 0 Å². The van der Waals surface area contributed by atoms with Crippen LogP contribution in [0.25, 0.3) is 0 Å². The van der Waals surface area contributed by atoms with Crippen molar-refractivity contribution in [1.82, 2.24) is 0 Å².